The number of nitrogens with zero attached hydrogens (tertiary/aromatic N) is 2. The lowest BCUT2D eigenvalue weighted by Crippen LogP contribution is -2.48. The molecule has 0 aliphatic carbocycles. The van der Waals surface area contributed by atoms with E-state index in [1.54, 1.807) is 12.1 Å². The fourth-order valence-electron chi connectivity index (χ4n) is 2.79. The van der Waals surface area contributed by atoms with Gasteiger partial charge in [0.25, 0.3) is 0 Å². The Morgan fingerprint density at radius 3 is 2.08 bits per heavy atom. The molecule has 3 rings (SSSR count). The Labute approximate surface area is 144 Å². The zero-order valence-electron chi connectivity index (χ0n) is 13.3. The Morgan fingerprint density at radius 1 is 0.840 bits per heavy atom. The maximum atomic E-state index is 13.8. The zero-order valence-corrected chi connectivity index (χ0v) is 14.1. The monoisotopic (exact) mass is 370 g/mol. The van der Waals surface area contributed by atoms with E-state index >= 15 is 0 Å². The summed E-state index contributed by atoms with van der Waals surface area (Å²) in [5, 5.41) is 0. The molecule has 2 aromatic rings. The molecular weight excluding hydrogens is 353 g/mol. The van der Waals surface area contributed by atoms with Crippen LogP contribution in [-0.4, -0.2) is 43.8 Å². The SMILES string of the molecule is O=S(=O)(c1cc(F)ccc1F)N1CCN(Cc2ccc(F)cc2)CC1. The fraction of sp³-hybridized carbons (Fsp3) is 0.294. The van der Waals surface area contributed by atoms with Crippen molar-refractivity contribution in [3.8, 4) is 0 Å². The van der Waals surface area contributed by atoms with Gasteiger partial charge in [-0.25, -0.2) is 21.6 Å². The first-order valence-electron chi connectivity index (χ1n) is 7.78. The van der Waals surface area contributed by atoms with Gasteiger partial charge in [-0.15, -0.1) is 0 Å². The summed E-state index contributed by atoms with van der Waals surface area (Å²) in [6.45, 7) is 1.84. The number of hydrogen-bond donors (Lipinski definition) is 0. The molecule has 4 nitrogen and oxygen atoms in total. The second kappa shape index (κ2) is 7.15. The van der Waals surface area contributed by atoms with Crippen LogP contribution in [0.4, 0.5) is 13.2 Å². The molecule has 25 heavy (non-hydrogen) atoms. The van der Waals surface area contributed by atoms with Gasteiger partial charge in [-0.1, -0.05) is 12.1 Å². The summed E-state index contributed by atoms with van der Waals surface area (Å²) in [4.78, 5) is 1.39. The van der Waals surface area contributed by atoms with Crippen LogP contribution < -0.4 is 0 Å². The zero-order chi connectivity index (χ0) is 18.0. The molecule has 0 amide bonds. The Hall–Kier alpha value is -1.90. The minimum atomic E-state index is -4.08. The molecule has 0 N–H and O–H groups in total. The highest BCUT2D eigenvalue weighted by molar-refractivity contribution is 7.89. The molecule has 0 atom stereocenters. The molecular formula is C17H17F3N2O2S. The number of piperazine rings is 1. The largest absolute Gasteiger partial charge is 0.296 e. The van der Waals surface area contributed by atoms with Crippen LogP contribution in [0.25, 0.3) is 0 Å². The molecule has 1 fully saturated rings. The van der Waals surface area contributed by atoms with Crippen molar-refractivity contribution in [1.29, 1.82) is 0 Å². The molecule has 1 heterocycles. The average Bonchev–Trinajstić information content (AvgIpc) is 2.59. The van der Waals surface area contributed by atoms with E-state index in [4.69, 9.17) is 0 Å². The molecule has 1 saturated heterocycles. The highest BCUT2D eigenvalue weighted by Crippen LogP contribution is 2.22. The van der Waals surface area contributed by atoms with E-state index < -0.39 is 26.6 Å². The number of benzene rings is 2. The number of rotatable bonds is 4. The Balaban J connectivity index is 1.67. The van der Waals surface area contributed by atoms with Crippen molar-refractivity contribution in [2.24, 2.45) is 0 Å². The smallest absolute Gasteiger partial charge is 0.246 e. The molecule has 0 radical (unpaired) electrons. The lowest BCUT2D eigenvalue weighted by atomic mass is 10.2. The third-order valence-electron chi connectivity index (χ3n) is 4.16. The Morgan fingerprint density at radius 2 is 1.44 bits per heavy atom. The summed E-state index contributed by atoms with van der Waals surface area (Å²) in [5.41, 5.74) is 0.925. The lowest BCUT2D eigenvalue weighted by Gasteiger charge is -2.34. The van der Waals surface area contributed by atoms with Gasteiger partial charge < -0.3 is 0 Å². The minimum Gasteiger partial charge on any atom is -0.296 e. The fourth-order valence-corrected chi connectivity index (χ4v) is 4.29. The summed E-state index contributed by atoms with van der Waals surface area (Å²) < 4.78 is 66.2. The van der Waals surface area contributed by atoms with Gasteiger partial charge in [0.15, 0.2) is 0 Å². The first-order chi connectivity index (χ1) is 11.9. The van der Waals surface area contributed by atoms with Crippen molar-refractivity contribution >= 4 is 10.0 Å². The van der Waals surface area contributed by atoms with E-state index in [1.165, 1.54) is 12.1 Å². The van der Waals surface area contributed by atoms with E-state index in [9.17, 15) is 21.6 Å². The van der Waals surface area contributed by atoms with E-state index in [-0.39, 0.29) is 18.9 Å². The summed E-state index contributed by atoms with van der Waals surface area (Å²) in [7, 11) is -4.08. The molecule has 2 aromatic carbocycles. The van der Waals surface area contributed by atoms with Crippen molar-refractivity contribution in [2.75, 3.05) is 26.2 Å². The molecule has 1 aliphatic rings. The van der Waals surface area contributed by atoms with Crippen molar-refractivity contribution in [1.82, 2.24) is 9.21 Å². The van der Waals surface area contributed by atoms with Crippen LogP contribution in [0.5, 0.6) is 0 Å². The van der Waals surface area contributed by atoms with Crippen molar-refractivity contribution < 1.29 is 21.6 Å². The first-order valence-corrected chi connectivity index (χ1v) is 9.22. The minimum absolute atomic E-state index is 0.180. The van der Waals surface area contributed by atoms with Gasteiger partial charge in [0.1, 0.15) is 22.3 Å². The molecule has 0 bridgehead atoms. The maximum Gasteiger partial charge on any atom is 0.246 e. The van der Waals surface area contributed by atoms with Crippen LogP contribution in [0.15, 0.2) is 47.4 Å². The van der Waals surface area contributed by atoms with Gasteiger partial charge in [0.05, 0.1) is 0 Å². The van der Waals surface area contributed by atoms with Crippen molar-refractivity contribution in [3.63, 3.8) is 0 Å². The van der Waals surface area contributed by atoms with Gasteiger partial charge in [0.2, 0.25) is 10.0 Å². The van der Waals surface area contributed by atoms with E-state index in [1.807, 2.05) is 4.90 Å². The summed E-state index contributed by atoms with van der Waals surface area (Å²) in [6.07, 6.45) is 0. The van der Waals surface area contributed by atoms with Gasteiger partial charge >= 0.3 is 0 Å². The van der Waals surface area contributed by atoms with E-state index in [2.05, 4.69) is 0 Å². The van der Waals surface area contributed by atoms with Gasteiger partial charge in [-0.2, -0.15) is 4.31 Å². The second-order valence-electron chi connectivity index (χ2n) is 5.88. The average molecular weight is 370 g/mol. The predicted molar refractivity (Wildman–Crippen MR) is 86.8 cm³/mol. The Bertz CT molecular complexity index is 849. The summed E-state index contributed by atoms with van der Waals surface area (Å²) >= 11 is 0. The van der Waals surface area contributed by atoms with Crippen LogP contribution in [0, 0.1) is 17.5 Å². The van der Waals surface area contributed by atoms with E-state index in [0.29, 0.717) is 25.7 Å². The molecule has 0 aromatic heterocycles. The third kappa shape index (κ3) is 4.02. The van der Waals surface area contributed by atoms with Crippen LogP contribution in [-0.2, 0) is 16.6 Å². The van der Waals surface area contributed by atoms with Crippen LogP contribution in [0.3, 0.4) is 0 Å². The topological polar surface area (TPSA) is 40.6 Å². The second-order valence-corrected chi connectivity index (χ2v) is 7.79. The Kier molecular flexibility index (Phi) is 5.12. The van der Waals surface area contributed by atoms with Crippen molar-refractivity contribution in [3.05, 3.63) is 65.5 Å². The standard InChI is InChI=1S/C17H17F3N2O2S/c18-14-3-1-13(2-4-14)12-21-7-9-22(10-8-21)25(23,24)17-11-15(19)5-6-16(17)20/h1-6,11H,7-10,12H2. The molecule has 0 spiro atoms. The number of halogens is 3. The maximum absolute atomic E-state index is 13.8. The van der Waals surface area contributed by atoms with E-state index in [0.717, 1.165) is 22.0 Å². The lowest BCUT2D eigenvalue weighted by molar-refractivity contribution is 0.181. The highest BCUT2D eigenvalue weighted by atomic mass is 32.2. The van der Waals surface area contributed by atoms with Gasteiger partial charge in [0, 0.05) is 32.7 Å². The molecule has 0 unspecified atom stereocenters. The highest BCUT2D eigenvalue weighted by Gasteiger charge is 2.30. The molecule has 0 saturated carbocycles. The number of hydrogen-bond acceptors (Lipinski definition) is 3. The number of sulfonamides is 1. The quantitative estimate of drug-likeness (QED) is 0.831. The van der Waals surface area contributed by atoms with Crippen LogP contribution in [0.1, 0.15) is 5.56 Å². The van der Waals surface area contributed by atoms with Crippen LogP contribution >= 0.6 is 0 Å². The summed E-state index contributed by atoms with van der Waals surface area (Å²) in [5.74, 6) is -2.07. The third-order valence-corrected chi connectivity index (χ3v) is 6.08. The first kappa shape index (κ1) is 17.9. The summed E-state index contributed by atoms with van der Waals surface area (Å²) in [6, 6.07) is 8.52. The van der Waals surface area contributed by atoms with Crippen molar-refractivity contribution in [2.45, 2.75) is 11.4 Å². The normalized spacial score (nSPS) is 16.9. The van der Waals surface area contributed by atoms with Crippen LogP contribution in [0.2, 0.25) is 0 Å². The molecule has 1 aliphatic heterocycles. The van der Waals surface area contributed by atoms with Gasteiger partial charge in [-0.3, -0.25) is 4.90 Å². The predicted octanol–water partition coefficient (Wildman–Crippen LogP) is 2.61. The molecule has 8 heteroatoms. The van der Waals surface area contributed by atoms with Gasteiger partial charge in [-0.05, 0) is 35.9 Å². The molecule has 134 valence electrons.